The van der Waals surface area contributed by atoms with E-state index in [1.54, 1.807) is 0 Å². The SMILES string of the molecule is CCNc1nc(C(C)C)nc(NC2CC3CCC2O3)c1C. The lowest BCUT2D eigenvalue weighted by atomic mass is 9.95. The van der Waals surface area contributed by atoms with Gasteiger partial charge >= 0.3 is 0 Å². The first-order chi connectivity index (χ1) is 10.1. The van der Waals surface area contributed by atoms with Crippen molar-refractivity contribution in [1.29, 1.82) is 0 Å². The molecule has 0 spiro atoms. The van der Waals surface area contributed by atoms with Gasteiger partial charge in [0.25, 0.3) is 0 Å². The predicted octanol–water partition coefficient (Wildman–Crippen LogP) is 3.07. The van der Waals surface area contributed by atoms with Crippen LogP contribution in [0.2, 0.25) is 0 Å². The quantitative estimate of drug-likeness (QED) is 0.872. The first-order valence-corrected chi connectivity index (χ1v) is 8.12. The summed E-state index contributed by atoms with van der Waals surface area (Å²) >= 11 is 0. The maximum absolute atomic E-state index is 5.93. The van der Waals surface area contributed by atoms with E-state index in [1.165, 1.54) is 12.8 Å². The summed E-state index contributed by atoms with van der Waals surface area (Å²) in [5.74, 6) is 3.12. The molecule has 2 saturated heterocycles. The Bertz CT molecular complexity index is 517. The number of nitrogens with zero attached hydrogens (tertiary/aromatic N) is 2. The molecular weight excluding hydrogens is 264 g/mol. The van der Waals surface area contributed by atoms with Crippen molar-refractivity contribution in [3.63, 3.8) is 0 Å². The number of hydrogen-bond donors (Lipinski definition) is 2. The van der Waals surface area contributed by atoms with E-state index in [0.717, 1.165) is 36.0 Å². The molecule has 116 valence electrons. The third-order valence-corrected chi connectivity index (χ3v) is 4.45. The zero-order valence-corrected chi connectivity index (χ0v) is 13.4. The van der Waals surface area contributed by atoms with Crippen LogP contribution in [0.4, 0.5) is 11.6 Å². The monoisotopic (exact) mass is 290 g/mol. The van der Waals surface area contributed by atoms with Gasteiger partial charge in [0.2, 0.25) is 0 Å². The van der Waals surface area contributed by atoms with Gasteiger partial charge < -0.3 is 15.4 Å². The Morgan fingerprint density at radius 3 is 2.57 bits per heavy atom. The lowest BCUT2D eigenvalue weighted by Gasteiger charge is -2.23. The molecule has 0 radical (unpaired) electrons. The Morgan fingerprint density at radius 1 is 1.24 bits per heavy atom. The van der Waals surface area contributed by atoms with Crippen molar-refractivity contribution >= 4 is 11.6 Å². The van der Waals surface area contributed by atoms with Gasteiger partial charge in [0, 0.05) is 18.0 Å². The van der Waals surface area contributed by atoms with E-state index in [1.807, 2.05) is 0 Å². The summed E-state index contributed by atoms with van der Waals surface area (Å²) in [6.45, 7) is 9.30. The minimum absolute atomic E-state index is 0.319. The Balaban J connectivity index is 1.85. The lowest BCUT2D eigenvalue weighted by Crippen LogP contribution is -2.31. The second-order valence-corrected chi connectivity index (χ2v) is 6.45. The van der Waals surface area contributed by atoms with Crippen LogP contribution in [0.3, 0.4) is 0 Å². The molecule has 1 aromatic rings. The van der Waals surface area contributed by atoms with E-state index < -0.39 is 0 Å². The summed E-state index contributed by atoms with van der Waals surface area (Å²) in [6.07, 6.45) is 4.29. The largest absolute Gasteiger partial charge is 0.373 e. The molecule has 21 heavy (non-hydrogen) atoms. The minimum atomic E-state index is 0.319. The normalized spacial score (nSPS) is 27.4. The molecule has 3 heterocycles. The molecule has 2 fully saturated rings. The van der Waals surface area contributed by atoms with Crippen molar-refractivity contribution in [2.45, 2.75) is 71.1 Å². The Hall–Kier alpha value is -1.36. The third kappa shape index (κ3) is 2.84. The van der Waals surface area contributed by atoms with Gasteiger partial charge in [-0.1, -0.05) is 13.8 Å². The van der Waals surface area contributed by atoms with E-state index in [9.17, 15) is 0 Å². The van der Waals surface area contributed by atoms with Crippen molar-refractivity contribution in [3.05, 3.63) is 11.4 Å². The summed E-state index contributed by atoms with van der Waals surface area (Å²) in [5, 5.41) is 6.97. The molecule has 0 amide bonds. The number of aromatic nitrogens is 2. The van der Waals surface area contributed by atoms with E-state index in [4.69, 9.17) is 9.72 Å². The van der Waals surface area contributed by atoms with E-state index in [2.05, 4.69) is 43.3 Å². The molecule has 0 aromatic carbocycles. The van der Waals surface area contributed by atoms with Gasteiger partial charge in [-0.25, -0.2) is 9.97 Å². The first-order valence-electron chi connectivity index (χ1n) is 8.12. The maximum Gasteiger partial charge on any atom is 0.135 e. The molecule has 2 bridgehead atoms. The van der Waals surface area contributed by atoms with E-state index in [-0.39, 0.29) is 0 Å². The summed E-state index contributed by atoms with van der Waals surface area (Å²) < 4.78 is 5.93. The van der Waals surface area contributed by atoms with Gasteiger partial charge in [0.1, 0.15) is 17.5 Å². The zero-order chi connectivity index (χ0) is 15.0. The zero-order valence-electron chi connectivity index (χ0n) is 13.4. The standard InChI is InChI=1S/C16H26N4O/c1-5-17-15-10(4)16(20-14(19-15)9(2)3)18-12-8-11-6-7-13(12)21-11/h9,11-13H,5-8H2,1-4H3,(H2,17,18,19,20). The summed E-state index contributed by atoms with van der Waals surface area (Å²) in [7, 11) is 0. The molecule has 0 saturated carbocycles. The second-order valence-electron chi connectivity index (χ2n) is 6.45. The summed E-state index contributed by atoms with van der Waals surface area (Å²) in [4.78, 5) is 9.40. The molecule has 0 aliphatic carbocycles. The van der Waals surface area contributed by atoms with Gasteiger partial charge in [-0.2, -0.15) is 0 Å². The fourth-order valence-corrected chi connectivity index (χ4v) is 3.24. The van der Waals surface area contributed by atoms with E-state index in [0.29, 0.717) is 24.2 Å². The molecule has 2 aliphatic heterocycles. The third-order valence-electron chi connectivity index (χ3n) is 4.45. The van der Waals surface area contributed by atoms with Crippen LogP contribution in [0, 0.1) is 6.92 Å². The summed E-state index contributed by atoms with van der Waals surface area (Å²) in [5.41, 5.74) is 1.10. The van der Waals surface area contributed by atoms with Crippen LogP contribution in [0.15, 0.2) is 0 Å². The Morgan fingerprint density at radius 2 is 2.00 bits per heavy atom. The lowest BCUT2D eigenvalue weighted by molar-refractivity contribution is 0.102. The van der Waals surface area contributed by atoms with Crippen LogP contribution < -0.4 is 10.6 Å². The van der Waals surface area contributed by atoms with Crippen molar-refractivity contribution in [3.8, 4) is 0 Å². The van der Waals surface area contributed by atoms with Crippen molar-refractivity contribution in [2.24, 2.45) is 0 Å². The molecule has 2 N–H and O–H groups in total. The molecule has 5 nitrogen and oxygen atoms in total. The van der Waals surface area contributed by atoms with Gasteiger partial charge in [-0.15, -0.1) is 0 Å². The Kier molecular flexibility index (Phi) is 4.02. The van der Waals surface area contributed by atoms with Gasteiger partial charge in [0.15, 0.2) is 0 Å². The number of hydrogen-bond acceptors (Lipinski definition) is 5. The number of anilines is 2. The van der Waals surface area contributed by atoms with Crippen LogP contribution in [-0.4, -0.2) is 34.8 Å². The molecule has 3 atom stereocenters. The number of fused-ring (bicyclic) bond motifs is 2. The Labute approximate surface area is 126 Å². The fraction of sp³-hybridized carbons (Fsp3) is 0.750. The molecule has 5 heteroatoms. The van der Waals surface area contributed by atoms with Crippen LogP contribution in [0.1, 0.15) is 57.3 Å². The fourth-order valence-electron chi connectivity index (χ4n) is 3.24. The van der Waals surface area contributed by atoms with Crippen LogP contribution in [0.25, 0.3) is 0 Å². The van der Waals surface area contributed by atoms with Gasteiger partial charge in [-0.3, -0.25) is 0 Å². The highest BCUT2D eigenvalue weighted by molar-refractivity contribution is 5.58. The van der Waals surface area contributed by atoms with Crippen LogP contribution in [0.5, 0.6) is 0 Å². The van der Waals surface area contributed by atoms with Gasteiger partial charge in [0.05, 0.1) is 18.2 Å². The average Bonchev–Trinajstić information content (AvgIpc) is 3.05. The minimum Gasteiger partial charge on any atom is -0.373 e. The number of ether oxygens (including phenoxy) is 1. The molecule has 1 aromatic heterocycles. The summed E-state index contributed by atoms with van der Waals surface area (Å²) in [6, 6.07) is 0.395. The highest BCUT2D eigenvalue weighted by Gasteiger charge is 2.41. The highest BCUT2D eigenvalue weighted by Crippen LogP contribution is 2.36. The van der Waals surface area contributed by atoms with Crippen molar-refractivity contribution in [1.82, 2.24) is 9.97 Å². The van der Waals surface area contributed by atoms with Crippen molar-refractivity contribution in [2.75, 3.05) is 17.2 Å². The van der Waals surface area contributed by atoms with Crippen LogP contribution >= 0.6 is 0 Å². The smallest absolute Gasteiger partial charge is 0.135 e. The number of rotatable bonds is 5. The molecule has 3 unspecified atom stereocenters. The van der Waals surface area contributed by atoms with Crippen LogP contribution in [-0.2, 0) is 4.74 Å². The highest BCUT2D eigenvalue weighted by atomic mass is 16.5. The molecular formula is C16H26N4O. The molecule has 2 aliphatic rings. The topological polar surface area (TPSA) is 59.1 Å². The molecule has 3 rings (SSSR count). The first kappa shape index (κ1) is 14.6. The maximum atomic E-state index is 5.93. The van der Waals surface area contributed by atoms with Crippen molar-refractivity contribution < 1.29 is 4.74 Å². The second kappa shape index (κ2) is 5.79. The van der Waals surface area contributed by atoms with Gasteiger partial charge in [-0.05, 0) is 33.1 Å². The predicted molar refractivity (Wildman–Crippen MR) is 84.9 cm³/mol. The van der Waals surface area contributed by atoms with E-state index >= 15 is 0 Å². The number of nitrogens with one attached hydrogen (secondary N) is 2. The average molecular weight is 290 g/mol.